The van der Waals surface area contributed by atoms with E-state index in [4.69, 9.17) is 0 Å². The van der Waals surface area contributed by atoms with E-state index in [1.165, 1.54) is 0 Å². The van der Waals surface area contributed by atoms with Gasteiger partial charge in [0.25, 0.3) is 5.91 Å². The van der Waals surface area contributed by atoms with Gasteiger partial charge in [-0.1, -0.05) is 48.5 Å². The van der Waals surface area contributed by atoms with E-state index >= 15 is 0 Å². The Morgan fingerprint density at radius 2 is 1.90 bits per heavy atom. The fourth-order valence-corrected chi connectivity index (χ4v) is 3.64. The third-order valence-corrected chi connectivity index (χ3v) is 5.16. The summed E-state index contributed by atoms with van der Waals surface area (Å²) in [6.45, 7) is 4.07. The highest BCUT2D eigenvalue weighted by Crippen LogP contribution is 2.26. The lowest BCUT2D eigenvalue weighted by molar-refractivity contribution is -0.126. The molecule has 2 amide bonds. The number of hydrogen-bond acceptors (Lipinski definition) is 4. The maximum Gasteiger partial charge on any atom is 0.255 e. The summed E-state index contributed by atoms with van der Waals surface area (Å²) in [6.07, 6.45) is 0.437. The summed E-state index contributed by atoms with van der Waals surface area (Å²) in [6, 6.07) is 16.3. The predicted molar refractivity (Wildman–Crippen MR) is 108 cm³/mol. The van der Waals surface area contributed by atoms with Crippen molar-refractivity contribution in [3.63, 3.8) is 0 Å². The number of nitrogens with one attached hydrogen (secondary N) is 2. The van der Waals surface area contributed by atoms with Crippen LogP contribution < -0.4 is 5.32 Å². The van der Waals surface area contributed by atoms with Crippen molar-refractivity contribution >= 4 is 11.8 Å². The Morgan fingerprint density at radius 3 is 2.59 bits per heavy atom. The monoisotopic (exact) mass is 389 g/mol. The first-order valence-corrected chi connectivity index (χ1v) is 9.65. The lowest BCUT2D eigenvalue weighted by Gasteiger charge is -2.28. The van der Waals surface area contributed by atoms with Crippen LogP contribution in [-0.2, 0) is 17.8 Å². The first kappa shape index (κ1) is 18.9. The van der Waals surface area contributed by atoms with Crippen LogP contribution in [0.25, 0.3) is 0 Å². The van der Waals surface area contributed by atoms with Gasteiger partial charge in [0.15, 0.2) is 5.82 Å². The molecule has 0 saturated carbocycles. The second-order valence-corrected chi connectivity index (χ2v) is 7.31. The van der Waals surface area contributed by atoms with Crippen LogP contribution in [0, 0.1) is 6.92 Å². The fourth-order valence-electron chi connectivity index (χ4n) is 3.64. The van der Waals surface area contributed by atoms with Gasteiger partial charge >= 0.3 is 0 Å². The van der Waals surface area contributed by atoms with Crippen molar-refractivity contribution in [1.29, 1.82) is 0 Å². The zero-order valence-corrected chi connectivity index (χ0v) is 16.4. The van der Waals surface area contributed by atoms with Crippen LogP contribution in [0.4, 0.5) is 0 Å². The van der Waals surface area contributed by atoms with Gasteiger partial charge in [-0.15, -0.1) is 0 Å². The first-order chi connectivity index (χ1) is 14.0. The molecule has 4 rings (SSSR count). The van der Waals surface area contributed by atoms with Gasteiger partial charge in [-0.05, 0) is 31.0 Å². The number of H-pyrrole nitrogens is 1. The third kappa shape index (κ3) is 3.89. The molecule has 0 spiro atoms. The lowest BCUT2D eigenvalue weighted by atomic mass is 10.0. The van der Waals surface area contributed by atoms with Crippen LogP contribution in [0.3, 0.4) is 0 Å². The first-order valence-electron chi connectivity index (χ1n) is 9.65. The number of carbonyl (C=O) groups is 2. The van der Waals surface area contributed by atoms with Gasteiger partial charge in [0.1, 0.15) is 11.9 Å². The minimum atomic E-state index is -0.625. The number of hydrogen-bond donors (Lipinski definition) is 2. The SMILES string of the molecule is Cc1nc(C(C)NC(=O)[C@@H](Cc2ccccc2)N2Cc3ccccc3C2=O)n[nH]1. The molecule has 0 aliphatic carbocycles. The molecule has 1 aliphatic rings. The maximum atomic E-state index is 13.3. The van der Waals surface area contributed by atoms with Gasteiger partial charge in [-0.3, -0.25) is 14.7 Å². The normalized spacial score (nSPS) is 15.1. The number of aryl methyl sites for hydroxylation is 1. The highest BCUT2D eigenvalue weighted by molar-refractivity contribution is 6.01. The van der Waals surface area contributed by atoms with Crippen molar-refractivity contribution in [2.24, 2.45) is 0 Å². The number of aromatic amines is 1. The number of nitrogens with zero attached hydrogens (tertiary/aromatic N) is 3. The Hall–Kier alpha value is -3.48. The van der Waals surface area contributed by atoms with Gasteiger partial charge < -0.3 is 10.2 Å². The maximum absolute atomic E-state index is 13.3. The molecule has 0 saturated heterocycles. The molecule has 2 heterocycles. The molecule has 148 valence electrons. The Kier molecular flexibility index (Phi) is 5.12. The number of fused-ring (bicyclic) bond motifs is 1. The average Bonchev–Trinajstić information content (AvgIpc) is 3.31. The molecule has 7 nitrogen and oxygen atoms in total. The molecule has 1 aliphatic heterocycles. The molecular formula is C22H23N5O2. The van der Waals surface area contributed by atoms with Gasteiger partial charge in [-0.25, -0.2) is 4.98 Å². The topological polar surface area (TPSA) is 91.0 Å². The Bertz CT molecular complexity index is 1030. The summed E-state index contributed by atoms with van der Waals surface area (Å²) in [7, 11) is 0. The molecule has 2 atom stereocenters. The molecule has 7 heteroatoms. The molecule has 1 unspecified atom stereocenters. The van der Waals surface area contributed by atoms with Crippen molar-refractivity contribution in [2.75, 3.05) is 0 Å². The predicted octanol–water partition coefficient (Wildman–Crippen LogP) is 2.56. The number of aromatic nitrogens is 3. The highest BCUT2D eigenvalue weighted by Gasteiger charge is 2.36. The van der Waals surface area contributed by atoms with Gasteiger partial charge in [-0.2, -0.15) is 5.10 Å². The van der Waals surface area contributed by atoms with Crippen molar-refractivity contribution in [3.05, 3.63) is 82.9 Å². The zero-order valence-electron chi connectivity index (χ0n) is 16.4. The minimum Gasteiger partial charge on any atom is -0.344 e. The molecular weight excluding hydrogens is 366 g/mol. The summed E-state index contributed by atoms with van der Waals surface area (Å²) < 4.78 is 0. The van der Waals surface area contributed by atoms with Gasteiger partial charge in [0.05, 0.1) is 6.04 Å². The Morgan fingerprint density at radius 1 is 1.17 bits per heavy atom. The van der Waals surface area contributed by atoms with Crippen molar-refractivity contribution in [1.82, 2.24) is 25.4 Å². The van der Waals surface area contributed by atoms with Crippen LogP contribution in [0.15, 0.2) is 54.6 Å². The molecule has 0 radical (unpaired) electrons. The summed E-state index contributed by atoms with van der Waals surface area (Å²) in [4.78, 5) is 32.2. The molecule has 1 aromatic heterocycles. The zero-order chi connectivity index (χ0) is 20.4. The molecule has 29 heavy (non-hydrogen) atoms. The fraction of sp³-hybridized carbons (Fsp3) is 0.273. The van der Waals surface area contributed by atoms with Crippen molar-refractivity contribution < 1.29 is 9.59 Å². The standard InChI is InChI=1S/C22H23N5O2/c1-14(20-24-15(2)25-26-20)23-21(28)19(12-16-8-4-3-5-9-16)27-13-17-10-6-7-11-18(17)22(27)29/h3-11,14,19H,12-13H2,1-2H3,(H,23,28)(H,24,25,26)/t14?,19-/m1/s1. The lowest BCUT2D eigenvalue weighted by Crippen LogP contribution is -2.49. The van der Waals surface area contributed by atoms with E-state index in [2.05, 4.69) is 20.5 Å². The molecule has 2 N–H and O–H groups in total. The van der Waals surface area contributed by atoms with Crippen LogP contribution in [0.1, 0.15) is 46.1 Å². The second-order valence-electron chi connectivity index (χ2n) is 7.31. The number of carbonyl (C=O) groups excluding carboxylic acids is 2. The summed E-state index contributed by atoms with van der Waals surface area (Å²) in [5.74, 6) is 0.875. The van der Waals surface area contributed by atoms with E-state index < -0.39 is 6.04 Å². The Balaban J connectivity index is 1.58. The van der Waals surface area contributed by atoms with Gasteiger partial charge in [0.2, 0.25) is 5.91 Å². The van der Waals surface area contributed by atoms with E-state index in [9.17, 15) is 9.59 Å². The molecule has 3 aromatic rings. The summed E-state index contributed by atoms with van der Waals surface area (Å²) in [5.41, 5.74) is 2.61. The second kappa shape index (κ2) is 7.87. The van der Waals surface area contributed by atoms with E-state index in [0.29, 0.717) is 30.2 Å². The van der Waals surface area contributed by atoms with E-state index in [1.54, 1.807) is 4.90 Å². The molecule has 0 bridgehead atoms. The van der Waals surface area contributed by atoms with Gasteiger partial charge in [0, 0.05) is 18.5 Å². The smallest absolute Gasteiger partial charge is 0.255 e. The quantitative estimate of drug-likeness (QED) is 0.678. The largest absolute Gasteiger partial charge is 0.344 e. The summed E-state index contributed by atoms with van der Waals surface area (Å²) >= 11 is 0. The van der Waals surface area contributed by atoms with E-state index in [1.807, 2.05) is 68.4 Å². The minimum absolute atomic E-state index is 0.113. The van der Waals surface area contributed by atoms with Crippen LogP contribution in [0.5, 0.6) is 0 Å². The van der Waals surface area contributed by atoms with Crippen LogP contribution >= 0.6 is 0 Å². The van der Waals surface area contributed by atoms with E-state index in [-0.39, 0.29) is 17.9 Å². The van der Waals surface area contributed by atoms with Crippen LogP contribution in [-0.4, -0.2) is 37.9 Å². The molecule has 0 fully saturated rings. The molecule has 2 aromatic carbocycles. The van der Waals surface area contributed by atoms with Crippen molar-refractivity contribution in [3.8, 4) is 0 Å². The van der Waals surface area contributed by atoms with Crippen LogP contribution in [0.2, 0.25) is 0 Å². The highest BCUT2D eigenvalue weighted by atomic mass is 16.2. The number of benzene rings is 2. The summed E-state index contributed by atoms with van der Waals surface area (Å²) in [5, 5.41) is 9.89. The average molecular weight is 389 g/mol. The van der Waals surface area contributed by atoms with E-state index in [0.717, 1.165) is 11.1 Å². The number of amides is 2. The third-order valence-electron chi connectivity index (χ3n) is 5.16. The van der Waals surface area contributed by atoms with Crippen molar-refractivity contribution in [2.45, 2.75) is 38.9 Å². The Labute approximate surface area is 169 Å². The number of rotatable bonds is 6.